The van der Waals surface area contributed by atoms with Gasteiger partial charge in [0.05, 0.1) is 13.2 Å². The highest BCUT2D eigenvalue weighted by atomic mass is 35.8. The molecule has 2 aromatic carbocycles. The third-order valence-corrected chi connectivity index (χ3v) is 10.1. The maximum absolute atomic E-state index is 5.90. The molecule has 0 N–H and O–H groups in total. The van der Waals surface area contributed by atoms with Crippen LogP contribution in [0.3, 0.4) is 0 Å². The van der Waals surface area contributed by atoms with E-state index in [2.05, 4.69) is 38.1 Å². The van der Waals surface area contributed by atoms with Gasteiger partial charge < -0.3 is 9.47 Å². The fourth-order valence-corrected chi connectivity index (χ4v) is 6.52. The van der Waals surface area contributed by atoms with Crippen LogP contribution in [0.5, 0.6) is 11.5 Å². The molecule has 0 amide bonds. The minimum Gasteiger partial charge on any atom is -0.494 e. The first-order valence-electron chi connectivity index (χ1n) is 9.97. The molecule has 0 saturated heterocycles. The lowest BCUT2D eigenvalue weighted by Crippen LogP contribution is -2.18. The zero-order valence-electron chi connectivity index (χ0n) is 17.4. The molecule has 0 heterocycles. The molecule has 0 radical (unpaired) electrons. The van der Waals surface area contributed by atoms with Gasteiger partial charge in [-0.1, -0.05) is 38.1 Å². The van der Waals surface area contributed by atoms with E-state index >= 15 is 0 Å². The predicted octanol–water partition coefficient (Wildman–Crippen LogP) is 8.86. The lowest BCUT2D eigenvalue weighted by molar-refractivity contribution is 0.317. The fourth-order valence-electron chi connectivity index (χ4n) is 3.03. The molecule has 0 aliphatic rings. The van der Waals surface area contributed by atoms with Crippen LogP contribution in [-0.2, 0) is 5.41 Å². The van der Waals surface area contributed by atoms with E-state index in [-0.39, 0.29) is 5.41 Å². The van der Waals surface area contributed by atoms with Gasteiger partial charge in [0.1, 0.15) is 11.5 Å². The lowest BCUT2D eigenvalue weighted by Gasteiger charge is -2.26. The summed E-state index contributed by atoms with van der Waals surface area (Å²) in [7, 11) is 0. The highest BCUT2D eigenvalue weighted by Gasteiger charge is 2.25. The quantitative estimate of drug-likeness (QED) is 0.142. The van der Waals surface area contributed by atoms with Crippen LogP contribution >= 0.6 is 66.5 Å². The van der Waals surface area contributed by atoms with Crippen molar-refractivity contribution in [3.63, 3.8) is 0 Å². The molecule has 0 aromatic heterocycles. The topological polar surface area (TPSA) is 18.5 Å². The monoisotopic (exact) mass is 576 g/mol. The molecule has 2 nitrogen and oxygen atoms in total. The van der Waals surface area contributed by atoms with Crippen molar-refractivity contribution in [1.82, 2.24) is 0 Å². The number of hydrogen-bond acceptors (Lipinski definition) is 2. The minimum atomic E-state index is -2.57. The molecular formula is C21H26Cl6O2Si2. The molecule has 10 heteroatoms. The van der Waals surface area contributed by atoms with Crippen molar-refractivity contribution in [1.29, 1.82) is 0 Å². The summed E-state index contributed by atoms with van der Waals surface area (Å²) in [6.45, 7) is 5.45. The van der Waals surface area contributed by atoms with Crippen LogP contribution < -0.4 is 9.47 Å². The second-order valence-electron chi connectivity index (χ2n) is 7.81. The van der Waals surface area contributed by atoms with Crippen LogP contribution in [0.25, 0.3) is 0 Å². The zero-order valence-corrected chi connectivity index (χ0v) is 24.0. The first-order valence-corrected chi connectivity index (χ1v) is 20.5. The third-order valence-electron chi connectivity index (χ3n) is 4.90. The lowest BCUT2D eigenvalue weighted by atomic mass is 9.78. The zero-order chi connectivity index (χ0) is 23.1. The first kappa shape index (κ1) is 27.5. The van der Waals surface area contributed by atoms with Crippen LogP contribution in [0.2, 0.25) is 12.1 Å². The van der Waals surface area contributed by atoms with Crippen molar-refractivity contribution in [3.8, 4) is 11.5 Å². The standard InChI is InChI=1S/C21H26Cl6O2Si2/c1-21(2,17-5-9-19(10-6-17)28-13-3-15-30(22,23)24)18-7-11-20(12-8-18)29-14-4-16-31(25,26)27/h5-12H,3-4,13-16H2,1-2H3. The Bertz CT molecular complexity index is 735. The van der Waals surface area contributed by atoms with E-state index in [1.54, 1.807) is 0 Å². The van der Waals surface area contributed by atoms with Gasteiger partial charge in [-0.05, 0) is 60.3 Å². The summed E-state index contributed by atoms with van der Waals surface area (Å²) in [6, 6.07) is 12.3. The average molecular weight is 579 g/mol. The Kier molecular flexibility index (Phi) is 10.7. The van der Waals surface area contributed by atoms with E-state index in [0.29, 0.717) is 25.3 Å². The van der Waals surface area contributed by atoms with Crippen molar-refractivity contribution in [3.05, 3.63) is 59.7 Å². The van der Waals surface area contributed by atoms with Gasteiger partial charge in [-0.3, -0.25) is 0 Å². The molecule has 0 aliphatic heterocycles. The Morgan fingerprint density at radius 1 is 0.613 bits per heavy atom. The summed E-state index contributed by atoms with van der Waals surface area (Å²) in [5, 5.41) is 0. The largest absolute Gasteiger partial charge is 0.494 e. The van der Waals surface area contributed by atoms with Gasteiger partial charge in [-0.25, -0.2) is 0 Å². The van der Waals surface area contributed by atoms with Crippen molar-refractivity contribution < 1.29 is 9.47 Å². The predicted molar refractivity (Wildman–Crippen MR) is 141 cm³/mol. The molecule has 2 aromatic rings. The molecule has 2 rings (SSSR count). The Morgan fingerprint density at radius 2 is 0.935 bits per heavy atom. The van der Waals surface area contributed by atoms with Crippen LogP contribution in [0.1, 0.15) is 37.8 Å². The molecule has 0 aliphatic carbocycles. The molecule has 0 unspecified atom stereocenters. The van der Waals surface area contributed by atoms with Gasteiger partial charge >= 0.3 is 12.0 Å². The van der Waals surface area contributed by atoms with Gasteiger partial charge in [-0.15, -0.1) is 66.5 Å². The second-order valence-corrected chi connectivity index (χ2v) is 26.4. The SMILES string of the molecule is CC(C)(c1ccc(OCCC[Si](Cl)(Cl)Cl)cc1)c1ccc(OCCC[Si](Cl)(Cl)Cl)cc1. The van der Waals surface area contributed by atoms with E-state index in [0.717, 1.165) is 24.3 Å². The van der Waals surface area contributed by atoms with E-state index in [1.165, 1.54) is 11.1 Å². The Hall–Kier alpha value is 0.214. The van der Waals surface area contributed by atoms with Gasteiger partial charge in [-0.2, -0.15) is 0 Å². The summed E-state index contributed by atoms with van der Waals surface area (Å²) in [4.78, 5) is 0. The highest BCUT2D eigenvalue weighted by molar-refractivity contribution is 7.65. The number of rotatable bonds is 12. The minimum absolute atomic E-state index is 0.167. The number of ether oxygens (including phenoxy) is 2. The van der Waals surface area contributed by atoms with E-state index in [1.807, 2.05) is 24.3 Å². The van der Waals surface area contributed by atoms with Crippen LogP contribution in [0.4, 0.5) is 0 Å². The molecule has 0 atom stereocenters. The summed E-state index contributed by atoms with van der Waals surface area (Å²) in [6.07, 6.45) is 1.47. The molecule has 0 bridgehead atoms. The molecular weight excluding hydrogens is 553 g/mol. The summed E-state index contributed by atoms with van der Waals surface area (Å²) < 4.78 is 11.5. The Balaban J connectivity index is 1.90. The van der Waals surface area contributed by atoms with Gasteiger partial charge in [0.2, 0.25) is 0 Å². The fraction of sp³-hybridized carbons (Fsp3) is 0.429. The van der Waals surface area contributed by atoms with Gasteiger partial charge in [0.25, 0.3) is 0 Å². The van der Waals surface area contributed by atoms with Crippen LogP contribution in [0.15, 0.2) is 48.5 Å². The summed E-state index contributed by atoms with van der Waals surface area (Å²) >= 11 is 35.4. The molecule has 0 spiro atoms. The van der Waals surface area contributed by atoms with E-state index < -0.39 is 12.0 Å². The first-order chi connectivity index (χ1) is 14.4. The highest BCUT2D eigenvalue weighted by Crippen LogP contribution is 2.34. The van der Waals surface area contributed by atoms with Crippen molar-refractivity contribution in [2.24, 2.45) is 0 Å². The maximum atomic E-state index is 5.90. The third kappa shape index (κ3) is 10.3. The normalized spacial score (nSPS) is 12.6. The number of benzene rings is 2. The van der Waals surface area contributed by atoms with Crippen molar-refractivity contribution in [2.75, 3.05) is 13.2 Å². The molecule has 31 heavy (non-hydrogen) atoms. The summed E-state index contributed by atoms with van der Waals surface area (Å²) in [5.74, 6) is 1.62. The van der Waals surface area contributed by atoms with Gasteiger partial charge in [0.15, 0.2) is 0 Å². The number of hydrogen-bond donors (Lipinski definition) is 0. The van der Waals surface area contributed by atoms with Crippen molar-refractivity contribution in [2.45, 2.75) is 44.2 Å². The number of halogens is 6. The van der Waals surface area contributed by atoms with Crippen molar-refractivity contribution >= 4 is 78.5 Å². The smallest absolute Gasteiger partial charge is 0.341 e. The van der Waals surface area contributed by atoms with Crippen LogP contribution in [-0.4, -0.2) is 25.2 Å². The second kappa shape index (κ2) is 12.1. The Morgan fingerprint density at radius 3 is 1.23 bits per heavy atom. The summed E-state index contributed by atoms with van der Waals surface area (Å²) in [5.41, 5.74) is 2.21. The van der Waals surface area contributed by atoms with E-state index in [9.17, 15) is 0 Å². The molecule has 172 valence electrons. The van der Waals surface area contributed by atoms with Crippen LogP contribution in [0, 0.1) is 0 Å². The maximum Gasteiger partial charge on any atom is 0.341 e. The Labute approximate surface area is 215 Å². The van der Waals surface area contributed by atoms with E-state index in [4.69, 9.17) is 75.9 Å². The molecule has 0 saturated carbocycles. The molecule has 0 fully saturated rings. The van der Waals surface area contributed by atoms with Gasteiger partial charge in [0, 0.05) is 5.41 Å². The average Bonchev–Trinajstić information content (AvgIpc) is 2.68.